The molecule has 2 N–H and O–H groups in total. The van der Waals surface area contributed by atoms with E-state index in [0.717, 1.165) is 17.7 Å². The molecule has 0 heterocycles. The SMILES string of the molecule is O=C(Cc1cccc(C(F)(F)F)c1)N[C@H](CCCc1ccccc1)C(=O)O. The molecule has 0 saturated carbocycles. The maximum atomic E-state index is 12.7. The van der Waals surface area contributed by atoms with E-state index in [-0.39, 0.29) is 18.4 Å². The number of alkyl halides is 3. The minimum atomic E-state index is -4.49. The highest BCUT2D eigenvalue weighted by molar-refractivity contribution is 5.84. The van der Waals surface area contributed by atoms with Crippen LogP contribution in [0.1, 0.15) is 29.5 Å². The first-order valence-corrected chi connectivity index (χ1v) is 8.48. The zero-order valence-electron chi connectivity index (χ0n) is 14.5. The summed E-state index contributed by atoms with van der Waals surface area (Å²) in [5, 5.41) is 11.7. The van der Waals surface area contributed by atoms with Gasteiger partial charge in [0.2, 0.25) is 5.91 Å². The van der Waals surface area contributed by atoms with Gasteiger partial charge in [0.15, 0.2) is 0 Å². The molecule has 1 amide bonds. The lowest BCUT2D eigenvalue weighted by Crippen LogP contribution is -2.41. The van der Waals surface area contributed by atoms with Gasteiger partial charge < -0.3 is 10.4 Å². The van der Waals surface area contributed by atoms with Gasteiger partial charge in [0.05, 0.1) is 12.0 Å². The molecule has 0 unspecified atom stereocenters. The Morgan fingerprint density at radius 2 is 1.67 bits per heavy atom. The number of aliphatic carboxylic acids is 1. The van der Waals surface area contributed by atoms with Crippen LogP contribution >= 0.6 is 0 Å². The highest BCUT2D eigenvalue weighted by atomic mass is 19.4. The molecule has 0 saturated heterocycles. The van der Waals surface area contributed by atoms with Gasteiger partial charge in [-0.25, -0.2) is 4.79 Å². The van der Waals surface area contributed by atoms with E-state index < -0.39 is 29.7 Å². The van der Waals surface area contributed by atoms with Gasteiger partial charge in [0.1, 0.15) is 6.04 Å². The smallest absolute Gasteiger partial charge is 0.416 e. The molecule has 7 heteroatoms. The van der Waals surface area contributed by atoms with Gasteiger partial charge in [-0.1, -0.05) is 48.5 Å². The molecule has 0 bridgehead atoms. The van der Waals surface area contributed by atoms with E-state index >= 15 is 0 Å². The summed E-state index contributed by atoms with van der Waals surface area (Å²) >= 11 is 0. The standard InChI is InChI=1S/C20H20F3NO3/c21-20(22,23)16-10-4-9-15(12-16)13-18(25)24-17(19(26)27)11-5-8-14-6-2-1-3-7-14/h1-4,6-7,9-10,12,17H,5,8,11,13H2,(H,24,25)(H,26,27)/t17-/m1/s1. The number of carboxylic acids is 1. The van der Waals surface area contributed by atoms with E-state index in [1.54, 1.807) is 0 Å². The number of amides is 1. The number of halogens is 3. The molecule has 0 spiro atoms. The first-order valence-electron chi connectivity index (χ1n) is 8.48. The van der Waals surface area contributed by atoms with Crippen LogP contribution in [-0.4, -0.2) is 23.0 Å². The molecular weight excluding hydrogens is 359 g/mol. The Bertz CT molecular complexity index is 776. The van der Waals surface area contributed by atoms with Crippen molar-refractivity contribution >= 4 is 11.9 Å². The van der Waals surface area contributed by atoms with Crippen LogP contribution in [0, 0.1) is 0 Å². The van der Waals surface area contributed by atoms with Crippen LogP contribution in [0.25, 0.3) is 0 Å². The lowest BCUT2D eigenvalue weighted by Gasteiger charge is -2.15. The van der Waals surface area contributed by atoms with Crippen molar-refractivity contribution in [1.29, 1.82) is 0 Å². The predicted molar refractivity (Wildman–Crippen MR) is 94.1 cm³/mol. The minimum absolute atomic E-state index is 0.177. The van der Waals surface area contributed by atoms with Gasteiger partial charge in [0, 0.05) is 0 Å². The van der Waals surface area contributed by atoms with Crippen molar-refractivity contribution in [2.24, 2.45) is 0 Å². The molecule has 144 valence electrons. The summed E-state index contributed by atoms with van der Waals surface area (Å²) in [7, 11) is 0. The molecule has 0 aromatic heterocycles. The van der Waals surface area contributed by atoms with Gasteiger partial charge in [-0.05, 0) is 36.5 Å². The molecule has 0 aliphatic carbocycles. The summed E-state index contributed by atoms with van der Waals surface area (Å²) in [5.41, 5.74) is 0.401. The molecule has 2 aromatic carbocycles. The van der Waals surface area contributed by atoms with E-state index in [1.165, 1.54) is 12.1 Å². The normalized spacial score (nSPS) is 12.4. The Kier molecular flexibility index (Phi) is 6.98. The fraction of sp³-hybridized carbons (Fsp3) is 0.300. The minimum Gasteiger partial charge on any atom is -0.480 e. The first-order chi connectivity index (χ1) is 12.8. The number of nitrogens with one attached hydrogen (secondary N) is 1. The van der Waals surface area contributed by atoms with Crippen molar-refractivity contribution in [2.75, 3.05) is 0 Å². The molecule has 4 nitrogen and oxygen atoms in total. The molecule has 1 atom stereocenters. The Morgan fingerprint density at radius 1 is 1.00 bits per heavy atom. The quantitative estimate of drug-likeness (QED) is 0.732. The molecule has 0 radical (unpaired) electrons. The maximum Gasteiger partial charge on any atom is 0.416 e. The highest BCUT2D eigenvalue weighted by Crippen LogP contribution is 2.29. The third-order valence-electron chi connectivity index (χ3n) is 4.05. The Hall–Kier alpha value is -2.83. The molecule has 2 rings (SSSR count). The number of benzene rings is 2. The molecule has 0 aliphatic rings. The van der Waals surface area contributed by atoms with Crippen molar-refractivity contribution < 1.29 is 27.9 Å². The number of aryl methyl sites for hydroxylation is 1. The molecule has 27 heavy (non-hydrogen) atoms. The molecular formula is C20H20F3NO3. The maximum absolute atomic E-state index is 12.7. The number of rotatable bonds is 8. The van der Waals surface area contributed by atoms with Crippen LogP contribution in [0.2, 0.25) is 0 Å². The summed E-state index contributed by atoms with van der Waals surface area (Å²) in [6, 6.07) is 12.9. The van der Waals surface area contributed by atoms with Gasteiger partial charge >= 0.3 is 12.1 Å². The number of carbonyl (C=O) groups is 2. The fourth-order valence-electron chi connectivity index (χ4n) is 2.70. The van der Waals surface area contributed by atoms with Gasteiger partial charge in [-0.15, -0.1) is 0 Å². The number of carboxylic acid groups (broad SMARTS) is 1. The fourth-order valence-corrected chi connectivity index (χ4v) is 2.70. The van der Waals surface area contributed by atoms with E-state index in [9.17, 15) is 27.9 Å². The summed E-state index contributed by atoms with van der Waals surface area (Å²) in [6.07, 6.45) is -3.34. The molecule has 0 fully saturated rings. The van der Waals surface area contributed by atoms with Crippen molar-refractivity contribution in [3.63, 3.8) is 0 Å². The summed E-state index contributed by atoms with van der Waals surface area (Å²) < 4.78 is 38.2. The molecule has 2 aromatic rings. The second-order valence-electron chi connectivity index (χ2n) is 6.21. The zero-order valence-corrected chi connectivity index (χ0v) is 14.5. The Morgan fingerprint density at radius 3 is 2.30 bits per heavy atom. The van der Waals surface area contributed by atoms with Crippen molar-refractivity contribution in [3.8, 4) is 0 Å². The second-order valence-corrected chi connectivity index (χ2v) is 6.21. The van der Waals surface area contributed by atoms with Gasteiger partial charge in [-0.3, -0.25) is 4.79 Å². The van der Waals surface area contributed by atoms with E-state index in [1.807, 2.05) is 30.3 Å². The Labute approximate surface area is 155 Å². The predicted octanol–water partition coefficient (Wildman–Crippen LogP) is 3.84. The summed E-state index contributed by atoms with van der Waals surface area (Å²) in [6.45, 7) is 0. The zero-order chi connectivity index (χ0) is 19.9. The monoisotopic (exact) mass is 379 g/mol. The second kappa shape index (κ2) is 9.21. The highest BCUT2D eigenvalue weighted by Gasteiger charge is 2.30. The topological polar surface area (TPSA) is 66.4 Å². The largest absolute Gasteiger partial charge is 0.480 e. The van der Waals surface area contributed by atoms with Crippen molar-refractivity contribution in [1.82, 2.24) is 5.32 Å². The van der Waals surface area contributed by atoms with Crippen LogP contribution in [0.4, 0.5) is 13.2 Å². The third kappa shape index (κ3) is 6.77. The summed E-state index contributed by atoms with van der Waals surface area (Å²) in [5.74, 6) is -1.79. The van der Waals surface area contributed by atoms with Crippen molar-refractivity contribution in [2.45, 2.75) is 37.9 Å². The van der Waals surface area contributed by atoms with Crippen LogP contribution in [0.15, 0.2) is 54.6 Å². The number of hydrogen-bond acceptors (Lipinski definition) is 2. The summed E-state index contributed by atoms with van der Waals surface area (Å²) in [4.78, 5) is 23.4. The van der Waals surface area contributed by atoms with E-state index in [2.05, 4.69) is 5.32 Å². The average Bonchev–Trinajstić information content (AvgIpc) is 2.61. The van der Waals surface area contributed by atoms with Crippen LogP contribution in [0.5, 0.6) is 0 Å². The average molecular weight is 379 g/mol. The van der Waals surface area contributed by atoms with E-state index in [4.69, 9.17) is 0 Å². The first kappa shape index (κ1) is 20.5. The van der Waals surface area contributed by atoms with E-state index in [0.29, 0.717) is 12.8 Å². The van der Waals surface area contributed by atoms with Gasteiger partial charge in [-0.2, -0.15) is 13.2 Å². The lowest BCUT2D eigenvalue weighted by atomic mass is 10.0. The van der Waals surface area contributed by atoms with Crippen LogP contribution in [-0.2, 0) is 28.6 Å². The van der Waals surface area contributed by atoms with Gasteiger partial charge in [0.25, 0.3) is 0 Å². The van der Waals surface area contributed by atoms with Crippen molar-refractivity contribution in [3.05, 3.63) is 71.3 Å². The molecule has 0 aliphatic heterocycles. The number of carbonyl (C=O) groups excluding carboxylic acids is 1. The number of hydrogen-bond donors (Lipinski definition) is 2. The Balaban J connectivity index is 1.90. The lowest BCUT2D eigenvalue weighted by molar-refractivity contribution is -0.142. The van der Waals surface area contributed by atoms with Crippen LogP contribution < -0.4 is 5.32 Å². The van der Waals surface area contributed by atoms with Crippen LogP contribution in [0.3, 0.4) is 0 Å². The third-order valence-corrected chi connectivity index (χ3v) is 4.05.